The van der Waals surface area contributed by atoms with Crippen molar-refractivity contribution in [3.63, 3.8) is 0 Å². The zero-order valence-corrected chi connectivity index (χ0v) is 16.1. The van der Waals surface area contributed by atoms with Crippen LogP contribution in [-0.2, 0) is 13.1 Å². The maximum Gasteiger partial charge on any atom is 0.251 e. The fraction of sp³-hybridized carbons (Fsp3) is 0.381. The summed E-state index contributed by atoms with van der Waals surface area (Å²) in [5, 5.41) is 2.95. The summed E-state index contributed by atoms with van der Waals surface area (Å²) in [5.74, 6) is 1.01. The first kappa shape index (κ1) is 19.8. The van der Waals surface area contributed by atoms with Crippen LogP contribution >= 0.6 is 0 Å². The van der Waals surface area contributed by atoms with Crippen LogP contribution in [0, 0.1) is 0 Å². The molecule has 0 atom stereocenters. The van der Waals surface area contributed by atoms with Gasteiger partial charge >= 0.3 is 0 Å². The summed E-state index contributed by atoms with van der Waals surface area (Å²) in [7, 11) is 3.13. The Hall–Kier alpha value is -2.53. The first-order valence-electron chi connectivity index (χ1n) is 9.02. The molecule has 5 heteroatoms. The van der Waals surface area contributed by atoms with Crippen LogP contribution in [-0.4, -0.2) is 33.2 Å². The molecule has 0 saturated carbocycles. The van der Waals surface area contributed by atoms with Crippen LogP contribution in [0.25, 0.3) is 0 Å². The van der Waals surface area contributed by atoms with E-state index in [2.05, 4.69) is 43.4 Å². The highest BCUT2D eigenvalue weighted by Crippen LogP contribution is 2.27. The van der Waals surface area contributed by atoms with Crippen molar-refractivity contribution in [3.8, 4) is 11.5 Å². The third-order valence-corrected chi connectivity index (χ3v) is 4.58. The number of carbonyl (C=O) groups is 1. The summed E-state index contributed by atoms with van der Waals surface area (Å²) < 4.78 is 10.4. The summed E-state index contributed by atoms with van der Waals surface area (Å²) in [4.78, 5) is 13.9. The summed E-state index contributed by atoms with van der Waals surface area (Å²) in [6.07, 6.45) is 0. The Kier molecular flexibility index (Phi) is 7.48. The molecule has 0 aliphatic heterocycles. The van der Waals surface area contributed by atoms with E-state index in [0.717, 1.165) is 25.2 Å². The van der Waals surface area contributed by atoms with E-state index in [4.69, 9.17) is 9.47 Å². The first-order valence-corrected chi connectivity index (χ1v) is 9.02. The van der Waals surface area contributed by atoms with Crippen molar-refractivity contribution in [3.05, 3.63) is 59.2 Å². The third kappa shape index (κ3) is 5.23. The Balaban J connectivity index is 1.95. The minimum Gasteiger partial charge on any atom is -0.493 e. The van der Waals surface area contributed by atoms with Gasteiger partial charge in [-0.15, -0.1) is 0 Å². The van der Waals surface area contributed by atoms with Gasteiger partial charge in [-0.3, -0.25) is 4.79 Å². The molecule has 0 bridgehead atoms. The number of hydrogen-bond donors (Lipinski definition) is 2. The van der Waals surface area contributed by atoms with Crippen molar-refractivity contribution in [2.45, 2.75) is 26.9 Å². The zero-order chi connectivity index (χ0) is 18.9. The van der Waals surface area contributed by atoms with Gasteiger partial charge in [-0.2, -0.15) is 0 Å². The lowest BCUT2D eigenvalue weighted by Crippen LogP contribution is -3.10. The Bertz CT molecular complexity index is 710. The van der Waals surface area contributed by atoms with Gasteiger partial charge in [0.2, 0.25) is 0 Å². The Morgan fingerprint density at radius 2 is 1.54 bits per heavy atom. The molecule has 2 aromatic carbocycles. The van der Waals surface area contributed by atoms with Gasteiger partial charge in [0.1, 0.15) is 6.54 Å². The molecule has 1 amide bonds. The molecule has 26 heavy (non-hydrogen) atoms. The Labute approximate surface area is 155 Å². The minimum absolute atomic E-state index is 0.136. The van der Waals surface area contributed by atoms with E-state index in [1.807, 2.05) is 0 Å². The topological polar surface area (TPSA) is 52.0 Å². The quantitative estimate of drug-likeness (QED) is 0.722. The largest absolute Gasteiger partial charge is 0.493 e. The van der Waals surface area contributed by atoms with Gasteiger partial charge in [0.15, 0.2) is 11.5 Å². The Morgan fingerprint density at radius 1 is 0.923 bits per heavy atom. The number of rotatable bonds is 9. The van der Waals surface area contributed by atoms with E-state index >= 15 is 0 Å². The predicted molar refractivity (Wildman–Crippen MR) is 103 cm³/mol. The van der Waals surface area contributed by atoms with Crippen molar-refractivity contribution in [1.82, 2.24) is 5.32 Å². The van der Waals surface area contributed by atoms with Crippen LogP contribution in [0.4, 0.5) is 0 Å². The van der Waals surface area contributed by atoms with Crippen molar-refractivity contribution in [2.24, 2.45) is 0 Å². The van der Waals surface area contributed by atoms with Crippen molar-refractivity contribution in [2.75, 3.05) is 27.3 Å². The van der Waals surface area contributed by atoms with Crippen molar-refractivity contribution >= 4 is 5.91 Å². The number of benzene rings is 2. The lowest BCUT2D eigenvalue weighted by molar-refractivity contribution is -0.910. The van der Waals surface area contributed by atoms with Crippen LogP contribution < -0.4 is 19.7 Å². The number of amides is 1. The van der Waals surface area contributed by atoms with E-state index in [1.165, 1.54) is 5.56 Å². The van der Waals surface area contributed by atoms with E-state index < -0.39 is 0 Å². The van der Waals surface area contributed by atoms with Gasteiger partial charge in [-0.05, 0) is 37.6 Å². The number of quaternary nitrogens is 1. The molecule has 0 aromatic heterocycles. The number of nitrogens with one attached hydrogen (secondary N) is 2. The molecule has 140 valence electrons. The molecule has 0 spiro atoms. The second-order valence-corrected chi connectivity index (χ2v) is 6.20. The molecule has 0 fully saturated rings. The molecule has 0 heterocycles. The molecule has 2 aromatic rings. The van der Waals surface area contributed by atoms with Crippen LogP contribution in [0.3, 0.4) is 0 Å². The molecule has 0 aliphatic carbocycles. The lowest BCUT2D eigenvalue weighted by Gasteiger charge is -2.15. The minimum atomic E-state index is -0.136. The smallest absolute Gasteiger partial charge is 0.251 e. The highest BCUT2D eigenvalue weighted by Gasteiger charge is 2.11. The van der Waals surface area contributed by atoms with E-state index in [9.17, 15) is 4.79 Å². The van der Waals surface area contributed by atoms with Crippen LogP contribution in [0.1, 0.15) is 35.3 Å². The molecule has 0 saturated heterocycles. The molecular formula is C21H29N2O3+. The van der Waals surface area contributed by atoms with Crippen LogP contribution in [0.15, 0.2) is 42.5 Å². The van der Waals surface area contributed by atoms with E-state index in [-0.39, 0.29) is 5.91 Å². The highest BCUT2D eigenvalue weighted by molar-refractivity contribution is 5.94. The first-order chi connectivity index (χ1) is 12.6. The van der Waals surface area contributed by atoms with Crippen LogP contribution in [0.2, 0.25) is 0 Å². The zero-order valence-electron chi connectivity index (χ0n) is 16.1. The number of ether oxygens (including phenoxy) is 2. The maximum absolute atomic E-state index is 12.4. The monoisotopic (exact) mass is 357 g/mol. The van der Waals surface area contributed by atoms with Gasteiger partial charge in [0.25, 0.3) is 5.91 Å². The average molecular weight is 357 g/mol. The van der Waals surface area contributed by atoms with Gasteiger partial charge in [-0.25, -0.2) is 0 Å². The van der Waals surface area contributed by atoms with Gasteiger partial charge in [0, 0.05) is 17.7 Å². The molecule has 5 nitrogen and oxygen atoms in total. The number of methoxy groups -OCH3 is 2. The molecular weight excluding hydrogens is 328 g/mol. The molecule has 2 rings (SSSR count). The number of hydrogen-bond acceptors (Lipinski definition) is 3. The third-order valence-electron chi connectivity index (χ3n) is 4.58. The molecule has 2 N–H and O–H groups in total. The fourth-order valence-corrected chi connectivity index (χ4v) is 2.83. The fourth-order valence-electron chi connectivity index (χ4n) is 2.83. The van der Waals surface area contributed by atoms with Gasteiger partial charge in [-0.1, -0.05) is 24.3 Å². The van der Waals surface area contributed by atoms with E-state index in [1.54, 1.807) is 37.3 Å². The van der Waals surface area contributed by atoms with Gasteiger partial charge < -0.3 is 19.7 Å². The summed E-state index contributed by atoms with van der Waals surface area (Å²) in [6.45, 7) is 8.18. The highest BCUT2D eigenvalue weighted by atomic mass is 16.5. The van der Waals surface area contributed by atoms with Gasteiger partial charge in [0.05, 0.1) is 27.3 Å². The number of carbonyl (C=O) groups excluding carboxylic acids is 1. The summed E-state index contributed by atoms with van der Waals surface area (Å²) >= 11 is 0. The molecule has 0 aliphatic rings. The van der Waals surface area contributed by atoms with E-state index in [0.29, 0.717) is 23.6 Å². The molecule has 0 unspecified atom stereocenters. The normalized spacial score (nSPS) is 10.7. The second kappa shape index (κ2) is 9.82. The lowest BCUT2D eigenvalue weighted by atomic mass is 10.1. The van der Waals surface area contributed by atoms with Crippen LogP contribution in [0.5, 0.6) is 11.5 Å². The second-order valence-electron chi connectivity index (χ2n) is 6.20. The predicted octanol–water partition coefficient (Wildman–Crippen LogP) is 2.06. The summed E-state index contributed by atoms with van der Waals surface area (Å²) in [5.41, 5.74) is 2.94. The standard InChI is InChI=1S/C21H28N2O3/c1-5-23(6-2)15-17-9-7-16(8-10-17)14-22-21(24)18-11-12-19(25-3)20(13-18)26-4/h7-13H,5-6,14-15H2,1-4H3,(H,22,24)/p+1. The summed E-state index contributed by atoms with van der Waals surface area (Å²) in [6, 6.07) is 13.6. The maximum atomic E-state index is 12.4. The average Bonchev–Trinajstić information content (AvgIpc) is 2.70. The molecule has 0 radical (unpaired) electrons. The van der Waals surface area contributed by atoms with Crippen molar-refractivity contribution < 1.29 is 19.2 Å². The van der Waals surface area contributed by atoms with Crippen molar-refractivity contribution in [1.29, 1.82) is 0 Å². The Morgan fingerprint density at radius 3 is 2.12 bits per heavy atom. The SMILES string of the molecule is CC[NH+](CC)Cc1ccc(CNC(=O)c2ccc(OC)c(OC)c2)cc1.